The van der Waals surface area contributed by atoms with E-state index in [0.717, 1.165) is 5.75 Å². The molecule has 25 heavy (non-hydrogen) atoms. The zero-order valence-corrected chi connectivity index (χ0v) is 15.7. The maximum absolute atomic E-state index is 9.17. The highest BCUT2D eigenvalue weighted by atomic mass is 32.2. The zero-order chi connectivity index (χ0) is 17.0. The van der Waals surface area contributed by atoms with Crippen LogP contribution in [0.3, 0.4) is 0 Å². The van der Waals surface area contributed by atoms with Gasteiger partial charge in [0.25, 0.3) is 0 Å². The van der Waals surface area contributed by atoms with Crippen LogP contribution in [0.15, 0.2) is 24.3 Å². The number of benzene rings is 1. The largest absolute Gasteiger partial charge is 0.339 e. The van der Waals surface area contributed by atoms with E-state index in [9.17, 15) is 0 Å². The van der Waals surface area contributed by atoms with Crippen LogP contribution in [0.2, 0.25) is 0 Å². The summed E-state index contributed by atoms with van der Waals surface area (Å²) in [7, 11) is 0. The molecule has 0 bridgehead atoms. The van der Waals surface area contributed by atoms with Gasteiger partial charge in [-0.05, 0) is 67.5 Å². The second kappa shape index (κ2) is 5.79. The molecule has 1 unspecified atom stereocenters. The summed E-state index contributed by atoms with van der Waals surface area (Å²) in [5.74, 6) is 0.913. The minimum Gasteiger partial charge on any atom is -0.339 e. The zero-order valence-electron chi connectivity index (χ0n) is 14.9. The lowest BCUT2D eigenvalue weighted by molar-refractivity contribution is -0.0330. The van der Waals surface area contributed by atoms with Crippen LogP contribution >= 0.6 is 11.8 Å². The number of hydrogen-bond acceptors (Lipinski definition) is 3. The Morgan fingerprint density at radius 1 is 1.32 bits per heavy atom. The monoisotopic (exact) mass is 351 g/mol. The average Bonchev–Trinajstić information content (AvgIpc) is 3.00. The van der Waals surface area contributed by atoms with Gasteiger partial charge in [-0.1, -0.05) is 25.1 Å². The van der Waals surface area contributed by atoms with Crippen molar-refractivity contribution in [2.24, 2.45) is 5.41 Å². The number of piperidine rings is 1. The molecule has 0 N–H and O–H groups in total. The Balaban J connectivity index is 1.78. The van der Waals surface area contributed by atoms with Crippen LogP contribution in [0.4, 0.5) is 0 Å². The summed E-state index contributed by atoms with van der Waals surface area (Å²) in [6.45, 7) is 4.86. The van der Waals surface area contributed by atoms with Crippen LogP contribution in [0.1, 0.15) is 55.9 Å². The van der Waals surface area contributed by atoms with E-state index in [4.69, 9.17) is 5.26 Å². The van der Waals surface area contributed by atoms with E-state index in [1.165, 1.54) is 67.9 Å². The van der Waals surface area contributed by atoms with E-state index in [1.807, 2.05) is 0 Å². The normalized spacial score (nSPS) is 30.9. The highest BCUT2D eigenvalue weighted by Crippen LogP contribution is 2.59. The van der Waals surface area contributed by atoms with Crippen LogP contribution in [-0.4, -0.2) is 28.3 Å². The average molecular weight is 352 g/mol. The lowest BCUT2D eigenvalue weighted by Gasteiger charge is -2.56. The molecular formula is C21H25N3S. The number of para-hydroxylation sites is 1. The van der Waals surface area contributed by atoms with E-state index in [-0.39, 0.29) is 0 Å². The highest BCUT2D eigenvalue weighted by molar-refractivity contribution is 8.03. The molecule has 3 nitrogen and oxygen atoms in total. The molecule has 0 spiro atoms. The number of nitrogens with zero attached hydrogens (tertiary/aromatic N) is 3. The van der Waals surface area contributed by atoms with Gasteiger partial charge in [-0.15, -0.1) is 0 Å². The van der Waals surface area contributed by atoms with Crippen LogP contribution < -0.4 is 0 Å². The van der Waals surface area contributed by atoms with Gasteiger partial charge in [-0.2, -0.15) is 5.26 Å². The van der Waals surface area contributed by atoms with Crippen molar-refractivity contribution in [3.63, 3.8) is 0 Å². The minimum atomic E-state index is 0.401. The fourth-order valence-corrected chi connectivity index (χ4v) is 6.64. The lowest BCUT2D eigenvalue weighted by Crippen LogP contribution is -2.53. The van der Waals surface area contributed by atoms with E-state index in [0.29, 0.717) is 17.5 Å². The van der Waals surface area contributed by atoms with E-state index < -0.39 is 0 Å². The van der Waals surface area contributed by atoms with Crippen molar-refractivity contribution in [3.8, 4) is 5.40 Å². The molecule has 0 radical (unpaired) electrons. The van der Waals surface area contributed by atoms with Crippen molar-refractivity contribution in [1.82, 2.24) is 9.47 Å². The van der Waals surface area contributed by atoms with Gasteiger partial charge < -0.3 is 4.57 Å². The number of thiocyanates is 1. The summed E-state index contributed by atoms with van der Waals surface area (Å²) < 4.78 is 2.64. The van der Waals surface area contributed by atoms with Crippen LogP contribution in [0.5, 0.6) is 0 Å². The first-order valence-corrected chi connectivity index (χ1v) is 10.6. The molecule has 5 rings (SSSR count). The van der Waals surface area contributed by atoms with Crippen LogP contribution in [0.25, 0.3) is 10.9 Å². The number of fused-ring (bicyclic) bond motifs is 3. The predicted octanol–water partition coefficient (Wildman–Crippen LogP) is 4.89. The van der Waals surface area contributed by atoms with Gasteiger partial charge in [0, 0.05) is 34.9 Å². The number of nitriles is 1. The van der Waals surface area contributed by atoms with E-state index in [2.05, 4.69) is 46.1 Å². The van der Waals surface area contributed by atoms with Gasteiger partial charge in [0.05, 0.1) is 6.04 Å². The molecule has 4 heteroatoms. The van der Waals surface area contributed by atoms with Gasteiger partial charge in [0.2, 0.25) is 0 Å². The molecule has 3 aliphatic rings. The number of rotatable bonds is 3. The van der Waals surface area contributed by atoms with E-state index >= 15 is 0 Å². The van der Waals surface area contributed by atoms with Gasteiger partial charge in [-0.25, -0.2) is 0 Å². The molecule has 1 aromatic carbocycles. The van der Waals surface area contributed by atoms with Crippen LogP contribution in [-0.2, 0) is 6.42 Å². The number of hydrogen-bond donors (Lipinski definition) is 0. The topological polar surface area (TPSA) is 32.0 Å². The molecular weight excluding hydrogens is 326 g/mol. The van der Waals surface area contributed by atoms with Crippen molar-refractivity contribution in [2.75, 3.05) is 18.8 Å². The fourth-order valence-electron chi connectivity index (χ4n) is 6.11. The third kappa shape index (κ3) is 2.09. The summed E-state index contributed by atoms with van der Waals surface area (Å²) in [5.41, 5.74) is 5.00. The summed E-state index contributed by atoms with van der Waals surface area (Å²) in [6.07, 6.45) is 6.34. The first kappa shape index (κ1) is 15.8. The molecule has 0 amide bonds. The summed E-state index contributed by atoms with van der Waals surface area (Å²) in [5, 5.41) is 12.9. The first-order chi connectivity index (χ1) is 12.3. The Morgan fingerprint density at radius 3 is 3.04 bits per heavy atom. The van der Waals surface area contributed by atoms with Crippen LogP contribution in [0, 0.1) is 16.1 Å². The second-order valence-corrected chi connectivity index (χ2v) is 8.82. The SMILES string of the molecule is CC[C@]12CCCN3CCc4c(n(c5ccccc45)C(CSC#N)C1)[C@@H]32. The van der Waals surface area contributed by atoms with E-state index in [1.54, 1.807) is 11.3 Å². The Labute approximate surface area is 154 Å². The summed E-state index contributed by atoms with van der Waals surface area (Å²) >= 11 is 1.43. The molecule has 1 aromatic heterocycles. The fraction of sp³-hybridized carbons (Fsp3) is 0.571. The van der Waals surface area contributed by atoms with Crippen molar-refractivity contribution in [2.45, 2.75) is 51.1 Å². The van der Waals surface area contributed by atoms with Gasteiger partial charge in [-0.3, -0.25) is 4.90 Å². The molecule has 1 fully saturated rings. The Kier molecular flexibility index (Phi) is 3.66. The summed E-state index contributed by atoms with van der Waals surface area (Å²) in [6, 6.07) is 10.0. The smallest absolute Gasteiger partial charge is 0.133 e. The molecule has 4 heterocycles. The van der Waals surface area contributed by atoms with Gasteiger partial charge in [0.15, 0.2) is 0 Å². The van der Waals surface area contributed by atoms with Gasteiger partial charge in [0.1, 0.15) is 5.40 Å². The highest BCUT2D eigenvalue weighted by Gasteiger charge is 2.52. The predicted molar refractivity (Wildman–Crippen MR) is 104 cm³/mol. The number of thioether (sulfide) groups is 1. The van der Waals surface area contributed by atoms with Crippen molar-refractivity contribution < 1.29 is 0 Å². The molecule has 3 atom stereocenters. The Morgan fingerprint density at radius 2 is 2.20 bits per heavy atom. The maximum Gasteiger partial charge on any atom is 0.133 e. The third-order valence-corrected chi connectivity index (χ3v) is 7.76. The third-order valence-electron chi connectivity index (χ3n) is 7.08. The number of aromatic nitrogens is 1. The summed E-state index contributed by atoms with van der Waals surface area (Å²) in [4.78, 5) is 2.78. The molecule has 2 aromatic rings. The van der Waals surface area contributed by atoms with Crippen molar-refractivity contribution in [3.05, 3.63) is 35.5 Å². The first-order valence-electron chi connectivity index (χ1n) is 9.65. The molecule has 1 saturated heterocycles. The molecule has 0 saturated carbocycles. The quantitative estimate of drug-likeness (QED) is 0.738. The molecule has 130 valence electrons. The lowest BCUT2D eigenvalue weighted by atomic mass is 9.63. The maximum atomic E-state index is 9.17. The Bertz CT molecular complexity index is 864. The van der Waals surface area contributed by atoms with Crippen molar-refractivity contribution in [1.29, 1.82) is 5.26 Å². The minimum absolute atomic E-state index is 0.401. The second-order valence-electron chi connectivity index (χ2n) is 8.02. The Hall–Kier alpha value is -1.44. The molecule has 3 aliphatic heterocycles. The van der Waals surface area contributed by atoms with Crippen molar-refractivity contribution >= 4 is 22.7 Å². The van der Waals surface area contributed by atoms with Gasteiger partial charge >= 0.3 is 0 Å². The molecule has 0 aliphatic carbocycles. The standard InChI is InChI=1S/C21H25N3S/c1-2-21-9-5-10-23-11-8-17-16-6-3-4-7-18(16)24(19(17)20(21)23)15(12-21)13-25-14-22/h3-4,6-7,15,20H,2,5,8-13H2,1H3/t15?,20-,21+/m1/s1.